The first-order valence-electron chi connectivity index (χ1n) is 8.93. The molecule has 0 radical (unpaired) electrons. The molecule has 8 nitrogen and oxygen atoms in total. The maximum Gasteiger partial charge on any atom is 1.00 e. The van der Waals surface area contributed by atoms with Crippen LogP contribution >= 0.6 is 0 Å². The van der Waals surface area contributed by atoms with Crippen LogP contribution in [0.25, 0.3) is 0 Å². The SMILES string of the molecule is C[C@H](O[C@H](COC(=O)CCC(=O)[O-])CN(C(C)(C)C)S(C)(=O)=O)C(C)(C)C.[K+]. The fourth-order valence-electron chi connectivity index (χ4n) is 2.18. The van der Waals surface area contributed by atoms with Gasteiger partial charge in [-0.2, -0.15) is 4.31 Å². The van der Waals surface area contributed by atoms with E-state index < -0.39 is 40.0 Å². The van der Waals surface area contributed by atoms with Gasteiger partial charge in [0.1, 0.15) is 12.7 Å². The van der Waals surface area contributed by atoms with Crippen molar-refractivity contribution in [3.63, 3.8) is 0 Å². The van der Waals surface area contributed by atoms with Gasteiger partial charge in [0.25, 0.3) is 0 Å². The van der Waals surface area contributed by atoms with E-state index in [9.17, 15) is 23.1 Å². The fourth-order valence-corrected chi connectivity index (χ4v) is 3.61. The van der Waals surface area contributed by atoms with E-state index in [1.807, 2.05) is 27.7 Å². The molecule has 28 heavy (non-hydrogen) atoms. The van der Waals surface area contributed by atoms with Crippen LogP contribution in [0.3, 0.4) is 0 Å². The van der Waals surface area contributed by atoms with Crippen molar-refractivity contribution in [3.8, 4) is 0 Å². The van der Waals surface area contributed by atoms with E-state index >= 15 is 0 Å². The van der Waals surface area contributed by atoms with Crippen molar-refractivity contribution >= 4 is 22.0 Å². The molecule has 0 saturated heterocycles. The number of hydrogen-bond acceptors (Lipinski definition) is 7. The molecule has 0 amide bonds. The van der Waals surface area contributed by atoms with Gasteiger partial charge < -0.3 is 19.4 Å². The summed E-state index contributed by atoms with van der Waals surface area (Å²) in [7, 11) is -3.52. The largest absolute Gasteiger partial charge is 1.00 e. The number of carbonyl (C=O) groups is 2. The molecule has 160 valence electrons. The zero-order valence-electron chi connectivity index (χ0n) is 18.7. The van der Waals surface area contributed by atoms with Crippen LogP contribution in [0.1, 0.15) is 61.3 Å². The summed E-state index contributed by atoms with van der Waals surface area (Å²) in [6.07, 6.45) is -0.543. The van der Waals surface area contributed by atoms with Gasteiger partial charge in [-0.25, -0.2) is 8.42 Å². The second kappa shape index (κ2) is 12.3. The van der Waals surface area contributed by atoms with Crippen LogP contribution in [0, 0.1) is 5.41 Å². The van der Waals surface area contributed by atoms with Crippen molar-refractivity contribution in [1.82, 2.24) is 4.31 Å². The summed E-state index contributed by atoms with van der Waals surface area (Å²) in [5.41, 5.74) is -0.881. The Morgan fingerprint density at radius 2 is 1.57 bits per heavy atom. The van der Waals surface area contributed by atoms with E-state index in [0.717, 1.165) is 6.26 Å². The first-order chi connectivity index (χ1) is 11.9. The summed E-state index contributed by atoms with van der Waals surface area (Å²) >= 11 is 0. The molecule has 0 bridgehead atoms. The van der Waals surface area contributed by atoms with E-state index in [4.69, 9.17) is 9.47 Å². The number of rotatable bonds is 10. The topological polar surface area (TPSA) is 113 Å². The molecule has 0 aromatic heterocycles. The van der Waals surface area contributed by atoms with Crippen LogP contribution in [-0.4, -0.2) is 61.8 Å². The summed E-state index contributed by atoms with van der Waals surface area (Å²) in [5, 5.41) is 10.4. The number of nitrogens with zero attached hydrogens (tertiary/aromatic N) is 1. The zero-order chi connectivity index (χ0) is 21.6. The average Bonchev–Trinajstić information content (AvgIpc) is 2.43. The summed E-state index contributed by atoms with van der Waals surface area (Å²) in [6.45, 7) is 13.0. The second-order valence-corrected chi connectivity index (χ2v) is 10.7. The number of sulfonamides is 1. The third-order valence-electron chi connectivity index (χ3n) is 4.10. The standard InChI is InChI=1S/C18H35NO7S.K/c1-13(17(2,3)4)26-14(12-25-16(22)10-9-15(20)21)11-19(18(5,6)7)27(8,23)24;/h13-14H,9-12H2,1-8H3,(H,20,21);/q;+1/p-1/t13-,14-;/m0./s1. The minimum atomic E-state index is -3.52. The number of carbonyl (C=O) groups excluding carboxylic acids is 2. The van der Waals surface area contributed by atoms with Crippen molar-refractivity contribution in [1.29, 1.82) is 0 Å². The quantitative estimate of drug-likeness (QED) is 0.280. The molecule has 0 heterocycles. The molecule has 0 aliphatic heterocycles. The van der Waals surface area contributed by atoms with Crippen molar-refractivity contribution < 1.29 is 84.0 Å². The first kappa shape index (κ1) is 30.6. The number of ether oxygens (including phenoxy) is 2. The first-order valence-corrected chi connectivity index (χ1v) is 10.8. The van der Waals surface area contributed by atoms with Gasteiger partial charge in [-0.05, 0) is 39.5 Å². The third kappa shape index (κ3) is 12.9. The van der Waals surface area contributed by atoms with Crippen LogP contribution < -0.4 is 56.5 Å². The summed E-state index contributed by atoms with van der Waals surface area (Å²) in [4.78, 5) is 22.2. The molecule has 0 aromatic carbocycles. The predicted octanol–water partition coefficient (Wildman–Crippen LogP) is -2.06. The van der Waals surface area contributed by atoms with E-state index in [-0.39, 0.29) is 82.5 Å². The van der Waals surface area contributed by atoms with Crippen molar-refractivity contribution in [3.05, 3.63) is 0 Å². The van der Waals surface area contributed by atoms with Gasteiger partial charge in [0, 0.05) is 18.1 Å². The molecule has 0 aromatic rings. The van der Waals surface area contributed by atoms with Gasteiger partial charge in [-0.3, -0.25) is 4.79 Å². The normalized spacial score (nSPS) is 14.9. The zero-order valence-corrected chi connectivity index (χ0v) is 22.6. The molecule has 2 atom stereocenters. The third-order valence-corrected chi connectivity index (χ3v) is 5.60. The van der Waals surface area contributed by atoms with Gasteiger partial charge in [0.15, 0.2) is 0 Å². The summed E-state index contributed by atoms with van der Waals surface area (Å²) in [5.74, 6) is -2.03. The van der Waals surface area contributed by atoms with Crippen LogP contribution in [0.15, 0.2) is 0 Å². The van der Waals surface area contributed by atoms with Crippen LogP contribution in [-0.2, 0) is 29.1 Å². The van der Waals surface area contributed by atoms with E-state index in [0.29, 0.717) is 0 Å². The number of aliphatic carboxylic acids is 1. The second-order valence-electron chi connectivity index (χ2n) is 8.79. The molecule has 10 heteroatoms. The molecular weight excluding hydrogens is 413 g/mol. The van der Waals surface area contributed by atoms with Gasteiger partial charge in [0.05, 0.1) is 18.8 Å². The van der Waals surface area contributed by atoms with E-state index in [1.165, 1.54) is 4.31 Å². The monoisotopic (exact) mass is 447 g/mol. The maximum absolute atomic E-state index is 12.2. The van der Waals surface area contributed by atoms with Gasteiger partial charge >= 0.3 is 57.4 Å². The Bertz CT molecular complexity index is 608. The Labute approximate surface area is 212 Å². The van der Waals surface area contributed by atoms with Crippen molar-refractivity contribution in [2.45, 2.75) is 79.1 Å². The molecule has 0 fully saturated rings. The number of hydrogen-bond donors (Lipinski definition) is 0. The van der Waals surface area contributed by atoms with Crippen LogP contribution in [0.5, 0.6) is 0 Å². The molecule has 0 spiro atoms. The molecule has 0 saturated carbocycles. The molecule has 0 unspecified atom stereocenters. The van der Waals surface area contributed by atoms with Gasteiger partial charge in [0.2, 0.25) is 10.0 Å². The number of esters is 1. The molecule has 0 N–H and O–H groups in total. The molecule has 0 rings (SSSR count). The minimum Gasteiger partial charge on any atom is -0.550 e. The fraction of sp³-hybridized carbons (Fsp3) is 0.889. The van der Waals surface area contributed by atoms with E-state index in [2.05, 4.69) is 0 Å². The summed E-state index contributed by atoms with van der Waals surface area (Å²) < 4.78 is 36.8. The van der Waals surface area contributed by atoms with Crippen LogP contribution in [0.2, 0.25) is 0 Å². The molecule has 0 aliphatic rings. The van der Waals surface area contributed by atoms with E-state index in [1.54, 1.807) is 20.8 Å². The Morgan fingerprint density at radius 3 is 1.93 bits per heavy atom. The summed E-state index contributed by atoms with van der Waals surface area (Å²) in [6, 6.07) is 0. The predicted molar refractivity (Wildman–Crippen MR) is 100 cm³/mol. The Balaban J connectivity index is 0. The van der Waals surface area contributed by atoms with Crippen molar-refractivity contribution in [2.24, 2.45) is 5.41 Å². The smallest absolute Gasteiger partial charge is 0.550 e. The number of carboxylic acid groups (broad SMARTS) is 1. The maximum atomic E-state index is 12.2. The minimum absolute atomic E-state index is 0. The average molecular weight is 448 g/mol. The Morgan fingerprint density at radius 1 is 1.07 bits per heavy atom. The van der Waals surface area contributed by atoms with Crippen molar-refractivity contribution in [2.75, 3.05) is 19.4 Å². The van der Waals surface area contributed by atoms with Gasteiger partial charge in [-0.15, -0.1) is 0 Å². The molecular formula is C18H34KNO7S. The van der Waals surface area contributed by atoms with Crippen LogP contribution in [0.4, 0.5) is 0 Å². The molecule has 0 aliphatic carbocycles. The Kier molecular flexibility index (Phi) is 13.5. The number of carboxylic acids is 1. The van der Waals surface area contributed by atoms with Gasteiger partial charge in [-0.1, -0.05) is 20.8 Å². The Hall–Kier alpha value is 0.446.